The molecule has 0 saturated carbocycles. The molecule has 3 aromatic rings. The van der Waals surface area contributed by atoms with E-state index in [4.69, 9.17) is 21.3 Å². The van der Waals surface area contributed by atoms with Gasteiger partial charge >= 0.3 is 0 Å². The fourth-order valence-corrected chi connectivity index (χ4v) is 6.09. The molecule has 0 bridgehead atoms. The Balaban J connectivity index is 0. The molecule has 0 aliphatic carbocycles. The van der Waals surface area contributed by atoms with Crippen LogP contribution in [0.3, 0.4) is 0 Å². The lowest BCUT2D eigenvalue weighted by molar-refractivity contribution is -0.116. The van der Waals surface area contributed by atoms with E-state index in [-0.39, 0.29) is 41.5 Å². The molecule has 2 atom stereocenters. The number of hydrogen-bond acceptors (Lipinski definition) is 8. The van der Waals surface area contributed by atoms with Crippen molar-refractivity contribution in [2.24, 2.45) is 0 Å². The van der Waals surface area contributed by atoms with E-state index in [1.54, 1.807) is 18.2 Å². The first-order chi connectivity index (χ1) is 20.5. The Morgan fingerprint density at radius 1 is 1.05 bits per heavy atom. The van der Waals surface area contributed by atoms with Crippen LogP contribution in [0.1, 0.15) is 83.7 Å². The quantitative estimate of drug-likeness (QED) is 0.209. The van der Waals surface area contributed by atoms with Crippen LogP contribution >= 0.6 is 11.6 Å². The summed E-state index contributed by atoms with van der Waals surface area (Å²) in [5, 5.41) is 2.71. The molecule has 4 rings (SSSR count). The van der Waals surface area contributed by atoms with Crippen LogP contribution in [-0.4, -0.2) is 48.9 Å². The third-order valence-corrected chi connectivity index (χ3v) is 8.80. The molecule has 2 amide bonds. The van der Waals surface area contributed by atoms with E-state index in [0.29, 0.717) is 41.7 Å². The highest BCUT2D eigenvalue weighted by Gasteiger charge is 2.33. The normalized spacial score (nSPS) is 16.6. The molecule has 1 aromatic carbocycles. The van der Waals surface area contributed by atoms with Gasteiger partial charge in [-0.1, -0.05) is 44.0 Å². The lowest BCUT2D eigenvalue weighted by atomic mass is 10.1. The maximum atomic E-state index is 13.6. The largest absolute Gasteiger partial charge is 0.492 e. The van der Waals surface area contributed by atoms with Crippen molar-refractivity contribution < 1.29 is 29.9 Å². The molecule has 3 heterocycles. The van der Waals surface area contributed by atoms with Crippen molar-refractivity contribution in [3.8, 4) is 17.0 Å². The summed E-state index contributed by atoms with van der Waals surface area (Å²) in [6.45, 7) is 8.60. The van der Waals surface area contributed by atoms with Crippen LogP contribution in [-0.2, 0) is 14.8 Å². The van der Waals surface area contributed by atoms with Gasteiger partial charge in [0.1, 0.15) is 17.4 Å². The number of carbonyl (C=O) groups excluding carboxylic acids is 2. The fourth-order valence-electron chi connectivity index (χ4n) is 4.99. The van der Waals surface area contributed by atoms with Crippen LogP contribution in [0, 0.1) is 0 Å². The Labute approximate surface area is 265 Å². The molecule has 2 N–H and O–H groups in total. The van der Waals surface area contributed by atoms with Crippen molar-refractivity contribution >= 4 is 45.1 Å². The predicted molar refractivity (Wildman–Crippen MR) is 179 cm³/mol. The van der Waals surface area contributed by atoms with Gasteiger partial charge in [0.25, 0.3) is 15.9 Å². The molecule has 12 heteroatoms. The van der Waals surface area contributed by atoms with Gasteiger partial charge in [0.05, 0.1) is 22.9 Å². The molecule has 240 valence electrons. The van der Waals surface area contributed by atoms with E-state index in [9.17, 15) is 18.0 Å². The Morgan fingerprint density at radius 3 is 2.49 bits per heavy atom. The lowest BCUT2D eigenvalue weighted by Gasteiger charge is -2.29. The van der Waals surface area contributed by atoms with Gasteiger partial charge in [0.2, 0.25) is 5.91 Å². The summed E-state index contributed by atoms with van der Waals surface area (Å²) in [7, 11) is -4.37. The number of anilines is 2. The van der Waals surface area contributed by atoms with Gasteiger partial charge in [-0.25, -0.2) is 14.7 Å². The third-order valence-electron chi connectivity index (χ3n) is 7.26. The Kier molecular flexibility index (Phi) is 10.6. The van der Waals surface area contributed by atoms with Crippen LogP contribution in [0.15, 0.2) is 53.6 Å². The van der Waals surface area contributed by atoms with E-state index < -0.39 is 15.9 Å². The number of aromatic nitrogens is 2. The van der Waals surface area contributed by atoms with Gasteiger partial charge in [-0.05, 0) is 75.9 Å². The number of nitrogens with one attached hydrogen (secondary N) is 2. The molecule has 0 spiro atoms. The third kappa shape index (κ3) is 7.83. The summed E-state index contributed by atoms with van der Waals surface area (Å²) in [4.78, 5) is 36.7. The Hall–Kier alpha value is -3.70. The zero-order valence-corrected chi connectivity index (χ0v) is 26.5. The fraction of sp³-hybridized carbons (Fsp3) is 0.419. The highest BCUT2D eigenvalue weighted by atomic mass is 35.5. The number of rotatable bonds is 12. The van der Waals surface area contributed by atoms with Gasteiger partial charge < -0.3 is 15.0 Å². The van der Waals surface area contributed by atoms with Gasteiger partial charge in [0, 0.05) is 31.2 Å². The van der Waals surface area contributed by atoms with Crippen LogP contribution < -0.4 is 19.7 Å². The second-order valence-electron chi connectivity index (χ2n) is 10.7. The lowest BCUT2D eigenvalue weighted by Crippen LogP contribution is -2.37. The van der Waals surface area contributed by atoms with Crippen LogP contribution in [0.2, 0.25) is 5.02 Å². The van der Waals surface area contributed by atoms with Crippen LogP contribution in [0.25, 0.3) is 11.3 Å². The highest BCUT2D eigenvalue weighted by molar-refractivity contribution is 7.90. The summed E-state index contributed by atoms with van der Waals surface area (Å²) in [6, 6.07) is 13.0. The molecular formula is C31H48ClN5O5S. The molecule has 1 aliphatic heterocycles. The van der Waals surface area contributed by atoms with Crippen molar-refractivity contribution in [2.45, 2.75) is 83.3 Å². The molecule has 1 saturated heterocycles. The number of halogens is 1. The zero-order valence-electron chi connectivity index (χ0n) is 24.9. The van der Waals surface area contributed by atoms with Gasteiger partial charge in [0.15, 0.2) is 5.03 Å². The van der Waals surface area contributed by atoms with Gasteiger partial charge in [-0.15, -0.1) is 0 Å². The molecule has 1 aliphatic rings. The predicted octanol–water partition coefficient (Wildman–Crippen LogP) is 7.44. The first kappa shape index (κ1) is 32.2. The number of benzene rings is 1. The summed E-state index contributed by atoms with van der Waals surface area (Å²) in [5.74, 6) is -0.0758. The minimum Gasteiger partial charge on any atom is -0.492 e. The van der Waals surface area contributed by atoms with Crippen molar-refractivity contribution in [1.82, 2.24) is 14.7 Å². The van der Waals surface area contributed by atoms with Gasteiger partial charge in [-0.3, -0.25) is 9.59 Å². The van der Waals surface area contributed by atoms with E-state index in [1.807, 2.05) is 26.0 Å². The second kappa shape index (κ2) is 14.2. The topological polar surface area (TPSA) is 131 Å². The maximum absolute atomic E-state index is 13.6. The molecule has 43 heavy (non-hydrogen) atoms. The number of pyridine rings is 2. The summed E-state index contributed by atoms with van der Waals surface area (Å²) >= 11 is 6.34. The molecule has 10 nitrogen and oxygen atoms in total. The zero-order chi connectivity index (χ0) is 31.1. The summed E-state index contributed by atoms with van der Waals surface area (Å²) in [6.07, 6.45) is 4.49. The van der Waals surface area contributed by atoms with Crippen molar-refractivity contribution in [2.75, 3.05) is 16.8 Å². The van der Waals surface area contributed by atoms with Gasteiger partial charge in [-0.2, -0.15) is 8.42 Å². The number of nitrogens with zero attached hydrogens (tertiary/aromatic N) is 3. The molecule has 0 unspecified atom stereocenters. The van der Waals surface area contributed by atoms with E-state index >= 15 is 0 Å². The maximum Gasteiger partial charge on any atom is 0.281 e. The molecule has 1 fully saturated rings. The van der Waals surface area contributed by atoms with E-state index in [2.05, 4.69) is 33.8 Å². The SMILES string of the molecule is CCCCC(=O)Nc1cccc(S(=O)(=O)NC(=O)c2ccc(-c3ccc(Cl)c(OCCC)c3)nc2N2[C@H](C)CC[C@@H]2C)n1.[HH].[HH].[HH].[HH].[HH]. The van der Waals surface area contributed by atoms with Crippen molar-refractivity contribution in [1.29, 1.82) is 0 Å². The Morgan fingerprint density at radius 2 is 1.79 bits per heavy atom. The molecular weight excluding hydrogens is 590 g/mol. The second-order valence-corrected chi connectivity index (χ2v) is 12.7. The highest BCUT2D eigenvalue weighted by Crippen LogP contribution is 2.35. The minimum atomic E-state index is -4.37. The number of hydrogen-bond donors (Lipinski definition) is 2. The number of amides is 2. The minimum absolute atomic E-state index is 0. The van der Waals surface area contributed by atoms with E-state index in [0.717, 1.165) is 31.2 Å². The monoisotopic (exact) mass is 637 g/mol. The number of ether oxygens (including phenoxy) is 1. The summed E-state index contributed by atoms with van der Waals surface area (Å²) < 4.78 is 34.5. The first-order valence-electron chi connectivity index (χ1n) is 14.6. The Bertz CT molecular complexity index is 1600. The van der Waals surface area contributed by atoms with Crippen molar-refractivity contribution in [3.05, 3.63) is 59.1 Å². The molecule has 2 aromatic heterocycles. The average Bonchev–Trinajstić information content (AvgIpc) is 3.32. The van der Waals surface area contributed by atoms with Crippen molar-refractivity contribution in [3.63, 3.8) is 0 Å². The average molecular weight is 638 g/mol. The smallest absolute Gasteiger partial charge is 0.281 e. The van der Waals surface area contributed by atoms with Crippen LogP contribution in [0.5, 0.6) is 5.75 Å². The first-order valence-corrected chi connectivity index (χ1v) is 16.5. The standard InChI is InChI=1S/C31H38ClN5O5S.5H2/c1-5-7-10-28(38)34-27-9-8-11-29(35-27)43(40,41)36-31(39)23-15-17-25(33-30(23)37-20(3)12-13-21(37)4)22-14-16-24(32)26(19-22)42-18-6-2;;;;;/h8-9,11,14-17,19-21H,5-7,10,12-13,18H2,1-4H3,(H,36,39)(H,34,35,38);5*1H/t20-,21+;;;;;. The number of unbranched alkanes of at least 4 members (excludes halogenated alkanes) is 1. The summed E-state index contributed by atoms with van der Waals surface area (Å²) in [5.41, 5.74) is 1.46. The number of sulfonamides is 1. The van der Waals surface area contributed by atoms with E-state index in [1.165, 1.54) is 18.2 Å². The van der Waals surface area contributed by atoms with Crippen LogP contribution in [0.4, 0.5) is 11.6 Å². The number of carbonyl (C=O) groups is 2. The molecule has 0 radical (unpaired) electrons.